The summed E-state index contributed by atoms with van der Waals surface area (Å²) >= 11 is 7.89. The first-order chi connectivity index (χ1) is 19.2. The SMILES string of the molecule is CS(=O)(=O)Oc1cccc(Cl)c1C1CC(c2csc(C3CCN(C(=O)COc4nccc(C#N)n4)CC3)n2)=NO1. The number of carbonyl (C=O) groups is 1. The topological polar surface area (TPSA) is 157 Å². The van der Waals surface area contributed by atoms with Crippen molar-refractivity contribution < 1.29 is 27.0 Å². The third-order valence-corrected chi connectivity index (χ3v) is 8.15. The highest BCUT2D eigenvalue weighted by Crippen LogP contribution is 2.40. The Morgan fingerprint density at radius 1 is 1.27 bits per heavy atom. The van der Waals surface area contributed by atoms with Crippen LogP contribution in [0, 0.1) is 11.3 Å². The Kier molecular flexibility index (Phi) is 8.15. The lowest BCUT2D eigenvalue weighted by molar-refractivity contribution is -0.134. The summed E-state index contributed by atoms with van der Waals surface area (Å²) in [6.07, 6.45) is 3.60. The van der Waals surface area contributed by atoms with Crippen molar-refractivity contribution in [2.24, 2.45) is 5.16 Å². The molecule has 15 heteroatoms. The highest BCUT2D eigenvalue weighted by molar-refractivity contribution is 7.86. The zero-order chi connectivity index (χ0) is 28.3. The summed E-state index contributed by atoms with van der Waals surface area (Å²) in [5.41, 5.74) is 1.90. The molecule has 0 spiro atoms. The maximum atomic E-state index is 12.6. The van der Waals surface area contributed by atoms with Crippen molar-refractivity contribution in [2.75, 3.05) is 26.0 Å². The van der Waals surface area contributed by atoms with Gasteiger partial charge in [0.15, 0.2) is 18.5 Å². The number of hydrogen-bond donors (Lipinski definition) is 0. The predicted molar refractivity (Wildman–Crippen MR) is 145 cm³/mol. The second kappa shape index (κ2) is 11.7. The molecule has 0 aliphatic carbocycles. The van der Waals surface area contributed by atoms with Gasteiger partial charge in [-0.3, -0.25) is 4.79 Å². The minimum atomic E-state index is -3.76. The van der Waals surface area contributed by atoms with Crippen LogP contribution >= 0.6 is 22.9 Å². The number of thiazole rings is 1. The minimum absolute atomic E-state index is 0.00710. The van der Waals surface area contributed by atoms with Crippen LogP contribution in [-0.2, 0) is 19.8 Å². The Morgan fingerprint density at radius 3 is 2.83 bits per heavy atom. The molecular weight excluding hydrogens is 580 g/mol. The van der Waals surface area contributed by atoms with Gasteiger partial charge in [-0.1, -0.05) is 22.8 Å². The molecule has 5 rings (SSSR count). The molecule has 4 heterocycles. The van der Waals surface area contributed by atoms with Crippen molar-refractivity contribution in [2.45, 2.75) is 31.3 Å². The molecule has 0 bridgehead atoms. The number of benzene rings is 1. The van der Waals surface area contributed by atoms with Crippen LogP contribution in [0.4, 0.5) is 0 Å². The van der Waals surface area contributed by atoms with Crippen molar-refractivity contribution in [1.29, 1.82) is 5.26 Å². The van der Waals surface area contributed by atoms with Gasteiger partial charge in [0.2, 0.25) is 0 Å². The zero-order valence-corrected chi connectivity index (χ0v) is 23.6. The van der Waals surface area contributed by atoms with Crippen molar-refractivity contribution in [3.05, 3.63) is 62.8 Å². The Bertz CT molecular complexity index is 1600. The lowest BCUT2D eigenvalue weighted by Gasteiger charge is -2.31. The lowest BCUT2D eigenvalue weighted by atomic mass is 9.97. The standard InChI is InChI=1S/C25H23ClN6O6S2/c1-40(34,35)38-20-4-2-3-17(26)23(20)21-11-18(31-37-21)19-14-39-24(30-19)15-6-9-32(10-7-15)22(33)13-36-25-28-8-5-16(12-27)29-25/h2-5,8,14-15,21H,6-7,9-11,13H2,1H3. The fraction of sp³-hybridized carbons (Fsp3) is 0.360. The van der Waals surface area contributed by atoms with Crippen LogP contribution in [0.1, 0.15) is 53.2 Å². The highest BCUT2D eigenvalue weighted by Gasteiger charge is 2.32. The highest BCUT2D eigenvalue weighted by atomic mass is 35.5. The maximum Gasteiger partial charge on any atom is 0.318 e. The number of aromatic nitrogens is 3. The van der Waals surface area contributed by atoms with Crippen molar-refractivity contribution >= 4 is 44.7 Å². The molecule has 12 nitrogen and oxygen atoms in total. The maximum absolute atomic E-state index is 12.6. The molecule has 1 atom stereocenters. The summed E-state index contributed by atoms with van der Waals surface area (Å²) in [4.78, 5) is 32.6. The van der Waals surface area contributed by atoms with Gasteiger partial charge in [-0.15, -0.1) is 11.3 Å². The van der Waals surface area contributed by atoms with Crippen LogP contribution < -0.4 is 8.92 Å². The fourth-order valence-electron chi connectivity index (χ4n) is 4.42. The molecule has 40 heavy (non-hydrogen) atoms. The molecule has 0 saturated carbocycles. The van der Waals surface area contributed by atoms with Crippen LogP contribution in [0.2, 0.25) is 5.02 Å². The number of amides is 1. The van der Waals surface area contributed by atoms with Crippen molar-refractivity contribution in [3.8, 4) is 17.8 Å². The average molecular weight is 603 g/mol. The molecule has 208 valence electrons. The Hall–Kier alpha value is -3.80. The predicted octanol–water partition coefficient (Wildman–Crippen LogP) is 3.45. The zero-order valence-electron chi connectivity index (χ0n) is 21.2. The van der Waals surface area contributed by atoms with Gasteiger partial charge in [0.25, 0.3) is 5.91 Å². The van der Waals surface area contributed by atoms with Gasteiger partial charge in [0, 0.05) is 37.0 Å². The number of nitrogens with zero attached hydrogens (tertiary/aromatic N) is 6. The molecule has 2 aromatic heterocycles. The van der Waals surface area contributed by atoms with Gasteiger partial charge in [0.05, 0.1) is 27.5 Å². The summed E-state index contributed by atoms with van der Waals surface area (Å²) in [5.74, 6) is 0.119. The summed E-state index contributed by atoms with van der Waals surface area (Å²) in [6, 6.07) is 8.11. The molecule has 2 aliphatic heterocycles. The van der Waals surface area contributed by atoms with E-state index < -0.39 is 16.2 Å². The molecule has 1 unspecified atom stereocenters. The third-order valence-electron chi connectivity index (χ3n) is 6.33. The van der Waals surface area contributed by atoms with Crippen molar-refractivity contribution in [1.82, 2.24) is 19.9 Å². The number of nitriles is 1. The van der Waals surface area contributed by atoms with E-state index in [-0.39, 0.29) is 35.9 Å². The number of hydrogen-bond acceptors (Lipinski definition) is 12. The minimum Gasteiger partial charge on any atom is -0.453 e. The summed E-state index contributed by atoms with van der Waals surface area (Å²) in [5, 5.41) is 16.3. The third kappa shape index (κ3) is 6.49. The van der Waals surface area contributed by atoms with Crippen molar-refractivity contribution in [3.63, 3.8) is 0 Å². The Labute approximate surface area is 239 Å². The van der Waals surface area contributed by atoms with Gasteiger partial charge in [0.1, 0.15) is 17.5 Å². The van der Waals surface area contributed by atoms with Crippen LogP contribution in [0.3, 0.4) is 0 Å². The molecule has 1 fully saturated rings. The fourth-order valence-corrected chi connectivity index (χ4v) is 6.18. The van der Waals surface area contributed by atoms with Crippen LogP contribution in [0.5, 0.6) is 11.8 Å². The molecule has 1 aromatic carbocycles. The summed E-state index contributed by atoms with van der Waals surface area (Å²) in [6.45, 7) is 0.912. The average Bonchev–Trinajstić information content (AvgIpc) is 3.62. The molecular formula is C25H23ClN6O6S2. The monoisotopic (exact) mass is 602 g/mol. The first kappa shape index (κ1) is 27.8. The molecule has 0 radical (unpaired) electrons. The quantitative estimate of drug-likeness (QED) is 0.350. The molecule has 1 saturated heterocycles. The first-order valence-electron chi connectivity index (χ1n) is 12.2. The Morgan fingerprint density at radius 2 is 2.08 bits per heavy atom. The van der Waals surface area contributed by atoms with Gasteiger partial charge < -0.3 is 18.7 Å². The second-order valence-corrected chi connectivity index (χ2v) is 12.0. The van der Waals surface area contributed by atoms with E-state index in [2.05, 4.69) is 15.1 Å². The normalized spacial score (nSPS) is 17.6. The van der Waals surface area contributed by atoms with Gasteiger partial charge >= 0.3 is 16.1 Å². The number of halogens is 1. The first-order valence-corrected chi connectivity index (χ1v) is 15.3. The number of ether oxygens (including phenoxy) is 1. The largest absolute Gasteiger partial charge is 0.453 e. The molecule has 1 amide bonds. The van der Waals surface area contributed by atoms with E-state index in [4.69, 9.17) is 35.6 Å². The summed E-state index contributed by atoms with van der Waals surface area (Å²) < 4.78 is 33.9. The van der Waals surface area contributed by atoms with E-state index in [9.17, 15) is 13.2 Å². The number of likely N-dealkylation sites (tertiary alicyclic amines) is 1. The number of oxime groups is 1. The van der Waals surface area contributed by atoms with E-state index in [0.717, 1.165) is 24.1 Å². The molecule has 2 aliphatic rings. The second-order valence-electron chi connectivity index (χ2n) is 9.13. The van der Waals surface area contributed by atoms with E-state index in [0.29, 0.717) is 41.5 Å². The molecule has 0 N–H and O–H groups in total. The van der Waals surface area contributed by atoms with Gasteiger partial charge in [-0.25, -0.2) is 9.97 Å². The molecule has 3 aromatic rings. The van der Waals surface area contributed by atoms with E-state index >= 15 is 0 Å². The van der Waals surface area contributed by atoms with E-state index in [1.54, 1.807) is 17.0 Å². The van der Waals surface area contributed by atoms with E-state index in [1.165, 1.54) is 29.7 Å². The number of piperidine rings is 1. The number of carbonyl (C=O) groups excluding carboxylic acids is 1. The Balaban J connectivity index is 1.16. The van der Waals surface area contributed by atoms with E-state index in [1.807, 2.05) is 11.4 Å². The van der Waals surface area contributed by atoms with Crippen LogP contribution in [-0.4, -0.2) is 65.8 Å². The van der Waals surface area contributed by atoms with Crippen LogP contribution in [0.25, 0.3) is 0 Å². The smallest absolute Gasteiger partial charge is 0.318 e. The lowest BCUT2D eigenvalue weighted by Crippen LogP contribution is -2.40. The van der Waals surface area contributed by atoms with Crippen LogP contribution in [0.15, 0.2) is 41.0 Å². The van der Waals surface area contributed by atoms with Gasteiger partial charge in [-0.05, 0) is 31.0 Å². The van der Waals surface area contributed by atoms with Gasteiger partial charge in [-0.2, -0.15) is 18.7 Å². The summed E-state index contributed by atoms with van der Waals surface area (Å²) in [7, 11) is -3.76. The number of rotatable bonds is 8.